The zero-order valence-electron chi connectivity index (χ0n) is 11.8. The lowest BCUT2D eigenvalue weighted by atomic mass is 9.89. The molecule has 3 nitrogen and oxygen atoms in total. The van der Waals surface area contributed by atoms with Crippen molar-refractivity contribution in [2.75, 3.05) is 5.32 Å². The molecule has 2 aliphatic rings. The van der Waals surface area contributed by atoms with Crippen LogP contribution in [0.5, 0.6) is 0 Å². The van der Waals surface area contributed by atoms with Crippen LogP contribution in [0.3, 0.4) is 0 Å². The maximum Gasteiger partial charge on any atom is 0.224 e. The predicted molar refractivity (Wildman–Crippen MR) is 82.1 cm³/mol. The number of hydrogen-bond acceptors (Lipinski definition) is 2. The van der Waals surface area contributed by atoms with Gasteiger partial charge in [0.2, 0.25) is 5.91 Å². The first-order valence-corrected chi connectivity index (χ1v) is 7.80. The van der Waals surface area contributed by atoms with Gasteiger partial charge in [0.1, 0.15) is 0 Å². The summed E-state index contributed by atoms with van der Waals surface area (Å²) < 4.78 is 0. The van der Waals surface area contributed by atoms with E-state index in [1.807, 2.05) is 25.1 Å². The lowest BCUT2D eigenvalue weighted by Crippen LogP contribution is -2.39. The minimum absolute atomic E-state index is 0.113. The van der Waals surface area contributed by atoms with Crippen molar-refractivity contribution in [1.82, 2.24) is 5.32 Å². The summed E-state index contributed by atoms with van der Waals surface area (Å²) >= 11 is 6.08. The summed E-state index contributed by atoms with van der Waals surface area (Å²) in [5.41, 5.74) is 1.77. The van der Waals surface area contributed by atoms with Gasteiger partial charge in [-0.25, -0.2) is 0 Å². The topological polar surface area (TPSA) is 41.1 Å². The minimum Gasteiger partial charge on any atom is -0.326 e. The first-order valence-electron chi connectivity index (χ1n) is 7.43. The molecular weight excluding hydrogens is 272 g/mol. The number of nitrogens with one attached hydrogen (secondary N) is 2. The number of carbonyl (C=O) groups is 1. The van der Waals surface area contributed by atoms with Gasteiger partial charge in [-0.1, -0.05) is 17.7 Å². The molecule has 2 unspecified atom stereocenters. The fourth-order valence-corrected chi connectivity index (χ4v) is 3.72. The van der Waals surface area contributed by atoms with Crippen molar-refractivity contribution in [3.8, 4) is 0 Å². The van der Waals surface area contributed by atoms with Crippen LogP contribution in [0.2, 0.25) is 5.02 Å². The van der Waals surface area contributed by atoms with E-state index in [2.05, 4.69) is 10.6 Å². The molecule has 20 heavy (non-hydrogen) atoms. The molecule has 0 aromatic heterocycles. The zero-order chi connectivity index (χ0) is 14.1. The number of rotatable bonds is 3. The largest absolute Gasteiger partial charge is 0.326 e. The molecule has 0 aliphatic carbocycles. The van der Waals surface area contributed by atoms with Gasteiger partial charge in [0.25, 0.3) is 0 Å². The molecule has 2 bridgehead atoms. The van der Waals surface area contributed by atoms with Crippen LogP contribution in [0.15, 0.2) is 18.2 Å². The summed E-state index contributed by atoms with van der Waals surface area (Å²) in [6.07, 6.45) is 5.45. The van der Waals surface area contributed by atoms with Crippen LogP contribution >= 0.6 is 11.6 Å². The van der Waals surface area contributed by atoms with E-state index >= 15 is 0 Å². The molecule has 2 atom stereocenters. The lowest BCUT2D eigenvalue weighted by Gasteiger charge is -2.28. The quantitative estimate of drug-likeness (QED) is 0.895. The molecular formula is C16H21ClN2O. The second-order valence-corrected chi connectivity index (χ2v) is 6.55. The minimum atomic E-state index is 0.113. The third kappa shape index (κ3) is 2.99. The zero-order valence-corrected chi connectivity index (χ0v) is 12.5. The first kappa shape index (κ1) is 13.9. The molecule has 2 fully saturated rings. The second-order valence-electron chi connectivity index (χ2n) is 6.14. The summed E-state index contributed by atoms with van der Waals surface area (Å²) in [7, 11) is 0. The highest BCUT2D eigenvalue weighted by molar-refractivity contribution is 6.31. The SMILES string of the molecule is Cc1c(Cl)cccc1NC(=O)CC1CC2CCC(C1)N2. The Kier molecular flexibility index (Phi) is 3.99. The van der Waals surface area contributed by atoms with Crippen LogP contribution in [-0.4, -0.2) is 18.0 Å². The molecule has 2 saturated heterocycles. The highest BCUT2D eigenvalue weighted by atomic mass is 35.5. The Labute approximate surface area is 125 Å². The Morgan fingerprint density at radius 2 is 2.05 bits per heavy atom. The van der Waals surface area contributed by atoms with Crippen molar-refractivity contribution in [3.05, 3.63) is 28.8 Å². The first-order chi connectivity index (χ1) is 9.61. The third-order valence-electron chi connectivity index (χ3n) is 4.59. The van der Waals surface area contributed by atoms with E-state index in [1.54, 1.807) is 0 Å². The number of piperidine rings is 1. The normalized spacial score (nSPS) is 28.4. The maximum atomic E-state index is 12.2. The van der Waals surface area contributed by atoms with Crippen LogP contribution in [0.25, 0.3) is 0 Å². The molecule has 0 spiro atoms. The summed E-state index contributed by atoms with van der Waals surface area (Å²) in [6, 6.07) is 6.90. The Morgan fingerprint density at radius 3 is 2.75 bits per heavy atom. The van der Waals surface area contributed by atoms with Crippen molar-refractivity contribution in [3.63, 3.8) is 0 Å². The summed E-state index contributed by atoms with van der Waals surface area (Å²) in [4.78, 5) is 12.2. The molecule has 2 aliphatic heterocycles. The lowest BCUT2D eigenvalue weighted by molar-refractivity contribution is -0.117. The van der Waals surface area contributed by atoms with Gasteiger partial charge < -0.3 is 10.6 Å². The van der Waals surface area contributed by atoms with Crippen molar-refractivity contribution in [2.24, 2.45) is 5.92 Å². The van der Waals surface area contributed by atoms with Crippen LogP contribution in [-0.2, 0) is 4.79 Å². The number of carbonyl (C=O) groups excluding carboxylic acids is 1. The molecule has 1 aromatic carbocycles. The number of halogens is 1. The average Bonchev–Trinajstić information content (AvgIpc) is 2.74. The molecule has 108 valence electrons. The number of hydrogen-bond donors (Lipinski definition) is 2. The number of fused-ring (bicyclic) bond motifs is 2. The maximum absolute atomic E-state index is 12.2. The van der Waals surface area contributed by atoms with Gasteiger partial charge in [-0.2, -0.15) is 0 Å². The summed E-state index contributed by atoms with van der Waals surface area (Å²) in [5.74, 6) is 0.634. The molecule has 0 saturated carbocycles. The number of amides is 1. The highest BCUT2D eigenvalue weighted by Crippen LogP contribution is 2.33. The van der Waals surface area contributed by atoms with E-state index in [1.165, 1.54) is 12.8 Å². The van der Waals surface area contributed by atoms with Gasteiger partial charge in [-0.3, -0.25) is 4.79 Å². The van der Waals surface area contributed by atoms with Gasteiger partial charge in [-0.15, -0.1) is 0 Å². The fourth-order valence-electron chi connectivity index (χ4n) is 3.55. The van der Waals surface area contributed by atoms with Crippen molar-refractivity contribution in [2.45, 2.75) is 51.1 Å². The molecule has 1 aromatic rings. The van der Waals surface area contributed by atoms with Gasteiger partial charge in [0.15, 0.2) is 0 Å². The van der Waals surface area contributed by atoms with Crippen LogP contribution in [0, 0.1) is 12.8 Å². The summed E-state index contributed by atoms with van der Waals surface area (Å²) in [6.45, 7) is 1.93. The fraction of sp³-hybridized carbons (Fsp3) is 0.562. The van der Waals surface area contributed by atoms with Gasteiger partial charge in [0, 0.05) is 29.2 Å². The Morgan fingerprint density at radius 1 is 1.35 bits per heavy atom. The van der Waals surface area contributed by atoms with Crippen LogP contribution in [0.4, 0.5) is 5.69 Å². The Balaban J connectivity index is 1.58. The van der Waals surface area contributed by atoms with Crippen molar-refractivity contribution < 1.29 is 4.79 Å². The number of benzene rings is 1. The van der Waals surface area contributed by atoms with Gasteiger partial charge in [-0.05, 0) is 56.2 Å². The molecule has 3 rings (SSSR count). The molecule has 1 amide bonds. The van der Waals surface area contributed by atoms with Crippen molar-refractivity contribution >= 4 is 23.2 Å². The van der Waals surface area contributed by atoms with E-state index in [-0.39, 0.29) is 5.91 Å². The highest BCUT2D eigenvalue weighted by Gasteiger charge is 2.34. The standard InChI is InChI=1S/C16H21ClN2O/c1-10-14(17)3-2-4-15(10)19-16(20)9-11-7-12-5-6-13(8-11)18-12/h2-4,11-13,18H,5-9H2,1H3,(H,19,20). The third-order valence-corrected chi connectivity index (χ3v) is 5.00. The number of anilines is 1. The van der Waals surface area contributed by atoms with Crippen molar-refractivity contribution in [1.29, 1.82) is 0 Å². The Bertz CT molecular complexity index is 505. The van der Waals surface area contributed by atoms with E-state index in [0.29, 0.717) is 29.4 Å². The summed E-state index contributed by atoms with van der Waals surface area (Å²) in [5, 5.41) is 7.31. The molecule has 4 heteroatoms. The monoisotopic (exact) mass is 292 g/mol. The predicted octanol–water partition coefficient (Wildman–Crippen LogP) is 3.51. The second kappa shape index (κ2) is 5.74. The van der Waals surface area contributed by atoms with E-state index in [9.17, 15) is 4.79 Å². The molecule has 0 radical (unpaired) electrons. The van der Waals surface area contributed by atoms with Crippen LogP contribution in [0.1, 0.15) is 37.7 Å². The smallest absolute Gasteiger partial charge is 0.224 e. The Hall–Kier alpha value is -1.06. The van der Waals surface area contributed by atoms with E-state index in [4.69, 9.17) is 11.6 Å². The van der Waals surface area contributed by atoms with Crippen LogP contribution < -0.4 is 10.6 Å². The average molecular weight is 293 g/mol. The van der Waals surface area contributed by atoms with E-state index < -0.39 is 0 Å². The van der Waals surface area contributed by atoms with Gasteiger partial charge >= 0.3 is 0 Å². The van der Waals surface area contributed by atoms with E-state index in [0.717, 1.165) is 24.1 Å². The molecule has 2 heterocycles. The van der Waals surface area contributed by atoms with Gasteiger partial charge in [0.05, 0.1) is 0 Å². The molecule has 2 N–H and O–H groups in total.